The number of halogens is 1. The molecule has 0 radical (unpaired) electrons. The number of benzene rings is 2. The number of hydrogen-bond donors (Lipinski definition) is 1. The highest BCUT2D eigenvalue weighted by atomic mass is 32.2. The van der Waals surface area contributed by atoms with Crippen molar-refractivity contribution in [2.45, 2.75) is 44.7 Å². The average Bonchev–Trinajstić information content (AvgIpc) is 2.75. The van der Waals surface area contributed by atoms with Crippen molar-refractivity contribution in [3.8, 4) is 11.1 Å². The van der Waals surface area contributed by atoms with Gasteiger partial charge in [-0.15, -0.1) is 0 Å². The summed E-state index contributed by atoms with van der Waals surface area (Å²) < 4.78 is 42.3. The summed E-state index contributed by atoms with van der Waals surface area (Å²) in [6, 6.07) is 15.8. The van der Waals surface area contributed by atoms with E-state index in [9.17, 15) is 17.6 Å². The maximum absolute atomic E-state index is 13.7. The van der Waals surface area contributed by atoms with Crippen LogP contribution >= 0.6 is 0 Å². The summed E-state index contributed by atoms with van der Waals surface area (Å²) in [6.45, 7) is 2.47. The first-order valence-electron chi connectivity index (χ1n) is 10.8. The maximum Gasteiger partial charge on any atom is 0.254 e. The van der Waals surface area contributed by atoms with Crippen LogP contribution in [0, 0.1) is 5.82 Å². The van der Waals surface area contributed by atoms with Crippen LogP contribution in [0.25, 0.3) is 11.1 Å². The van der Waals surface area contributed by atoms with Gasteiger partial charge in [-0.3, -0.25) is 4.79 Å². The van der Waals surface area contributed by atoms with Gasteiger partial charge in [-0.2, -0.15) is 0 Å². The molecular weight excluding hydrogens is 427 g/mol. The van der Waals surface area contributed by atoms with Crippen LogP contribution in [0.2, 0.25) is 0 Å². The van der Waals surface area contributed by atoms with E-state index in [1.807, 2.05) is 49.5 Å². The van der Waals surface area contributed by atoms with Gasteiger partial charge in [0.15, 0.2) is 0 Å². The van der Waals surface area contributed by atoms with Gasteiger partial charge in [-0.05, 0) is 66.6 Å². The van der Waals surface area contributed by atoms with Crippen molar-refractivity contribution in [2.75, 3.05) is 6.26 Å². The Morgan fingerprint density at radius 3 is 2.50 bits per heavy atom. The third kappa shape index (κ3) is 4.84. The zero-order valence-electron chi connectivity index (χ0n) is 18.2. The van der Waals surface area contributed by atoms with E-state index in [4.69, 9.17) is 0 Å². The standard InChI is InChI=1S/C25H27FN2O3S/c1-3-28-13-12-18-10-11-23(27-32(2,30)31)22(24(18)25(28)29)15-17-6-4-7-19(14-17)20-8-5-9-21(26)16-20/h4-9,12-14,16,22-23,27H,3,10-11,15H2,1-2H3. The normalized spacial score (nSPS) is 18.3. The van der Waals surface area contributed by atoms with E-state index >= 15 is 0 Å². The molecule has 168 valence electrons. The summed E-state index contributed by atoms with van der Waals surface area (Å²) in [5, 5.41) is 0. The summed E-state index contributed by atoms with van der Waals surface area (Å²) in [6.07, 6.45) is 4.75. The molecule has 2 unspecified atom stereocenters. The fourth-order valence-corrected chi connectivity index (χ4v) is 5.50. The number of nitrogens with one attached hydrogen (secondary N) is 1. The molecule has 32 heavy (non-hydrogen) atoms. The van der Waals surface area contributed by atoms with Crippen LogP contribution in [0.15, 0.2) is 65.6 Å². The molecule has 1 aliphatic rings. The number of pyridine rings is 1. The molecule has 3 aromatic rings. The van der Waals surface area contributed by atoms with Crippen LogP contribution in [0.5, 0.6) is 0 Å². The number of fused-ring (bicyclic) bond motifs is 1. The number of aromatic nitrogens is 1. The third-order valence-corrected chi connectivity index (χ3v) is 6.85. The molecule has 5 nitrogen and oxygen atoms in total. The van der Waals surface area contributed by atoms with E-state index in [2.05, 4.69) is 4.72 Å². The van der Waals surface area contributed by atoms with Crippen LogP contribution in [-0.2, 0) is 29.4 Å². The molecule has 2 atom stereocenters. The zero-order chi connectivity index (χ0) is 22.9. The Balaban J connectivity index is 1.76. The Morgan fingerprint density at radius 1 is 1.09 bits per heavy atom. The summed E-state index contributed by atoms with van der Waals surface area (Å²) >= 11 is 0. The lowest BCUT2D eigenvalue weighted by Crippen LogP contribution is -2.45. The smallest absolute Gasteiger partial charge is 0.254 e. The van der Waals surface area contributed by atoms with E-state index in [1.165, 1.54) is 12.1 Å². The van der Waals surface area contributed by atoms with Crippen molar-refractivity contribution < 1.29 is 12.8 Å². The van der Waals surface area contributed by atoms with Gasteiger partial charge < -0.3 is 4.57 Å². The van der Waals surface area contributed by atoms with Gasteiger partial charge >= 0.3 is 0 Å². The van der Waals surface area contributed by atoms with Crippen molar-refractivity contribution in [1.29, 1.82) is 0 Å². The Labute approximate surface area is 188 Å². The second-order valence-electron chi connectivity index (χ2n) is 8.40. The molecule has 0 fully saturated rings. The van der Waals surface area contributed by atoms with Crippen molar-refractivity contribution in [2.24, 2.45) is 0 Å². The van der Waals surface area contributed by atoms with Crippen LogP contribution in [-0.4, -0.2) is 25.3 Å². The van der Waals surface area contributed by atoms with Gasteiger partial charge in [0.25, 0.3) is 5.56 Å². The Bertz CT molecular complexity index is 1300. The van der Waals surface area contributed by atoms with Crippen molar-refractivity contribution >= 4 is 10.0 Å². The lowest BCUT2D eigenvalue weighted by molar-refractivity contribution is 0.424. The van der Waals surface area contributed by atoms with Crippen LogP contribution in [0.3, 0.4) is 0 Å². The number of rotatable bonds is 6. The highest BCUT2D eigenvalue weighted by Crippen LogP contribution is 2.34. The Hall–Kier alpha value is -2.77. The third-order valence-electron chi connectivity index (χ3n) is 6.12. The minimum Gasteiger partial charge on any atom is -0.316 e. The lowest BCUT2D eigenvalue weighted by atomic mass is 9.77. The van der Waals surface area contributed by atoms with Gasteiger partial charge in [-0.1, -0.05) is 36.4 Å². The fourth-order valence-electron chi connectivity index (χ4n) is 4.67. The van der Waals surface area contributed by atoms with E-state index < -0.39 is 10.0 Å². The molecule has 0 spiro atoms. The summed E-state index contributed by atoms with van der Waals surface area (Å²) in [5.74, 6) is -0.589. The monoisotopic (exact) mass is 454 g/mol. The van der Waals surface area contributed by atoms with Gasteiger partial charge in [0.1, 0.15) is 5.82 Å². The summed E-state index contributed by atoms with van der Waals surface area (Å²) in [5.41, 5.74) is 4.24. The minimum atomic E-state index is -3.44. The van der Waals surface area contributed by atoms with Gasteiger partial charge in [-0.25, -0.2) is 17.5 Å². The molecule has 0 saturated heterocycles. The largest absolute Gasteiger partial charge is 0.316 e. The van der Waals surface area contributed by atoms with Gasteiger partial charge in [0.05, 0.1) is 6.26 Å². The molecule has 7 heteroatoms. The fraction of sp³-hybridized carbons (Fsp3) is 0.320. The van der Waals surface area contributed by atoms with Crippen LogP contribution in [0.4, 0.5) is 4.39 Å². The zero-order valence-corrected chi connectivity index (χ0v) is 19.0. The molecule has 1 aliphatic carbocycles. The Kier molecular flexibility index (Phi) is 6.31. The van der Waals surface area contributed by atoms with Crippen LogP contribution in [0.1, 0.15) is 36.0 Å². The van der Waals surface area contributed by atoms with E-state index in [0.29, 0.717) is 31.4 Å². The highest BCUT2D eigenvalue weighted by Gasteiger charge is 2.34. The SMILES string of the molecule is CCn1ccc2c(c1=O)C(Cc1cccc(-c3cccc(F)c3)c1)C(NS(C)(=O)=O)CC2. The molecule has 0 bridgehead atoms. The average molecular weight is 455 g/mol. The van der Waals surface area contributed by atoms with Gasteiger partial charge in [0.2, 0.25) is 10.0 Å². The summed E-state index contributed by atoms with van der Waals surface area (Å²) in [7, 11) is -3.44. The topological polar surface area (TPSA) is 68.2 Å². The molecule has 0 aliphatic heterocycles. The molecule has 0 amide bonds. The molecule has 0 saturated carbocycles. The first-order chi connectivity index (χ1) is 15.2. The van der Waals surface area contributed by atoms with Crippen molar-refractivity contribution in [3.63, 3.8) is 0 Å². The maximum atomic E-state index is 13.7. The Morgan fingerprint density at radius 2 is 1.81 bits per heavy atom. The quantitative estimate of drug-likeness (QED) is 0.615. The van der Waals surface area contributed by atoms with Crippen molar-refractivity contribution in [1.82, 2.24) is 9.29 Å². The molecule has 4 rings (SSSR count). The molecule has 1 N–H and O–H groups in total. The second-order valence-corrected chi connectivity index (χ2v) is 10.2. The predicted molar refractivity (Wildman–Crippen MR) is 125 cm³/mol. The van der Waals surface area contributed by atoms with Gasteiger partial charge in [0, 0.05) is 30.3 Å². The second kappa shape index (κ2) is 9.00. The van der Waals surface area contributed by atoms with Crippen molar-refractivity contribution in [3.05, 3.63) is 93.7 Å². The highest BCUT2D eigenvalue weighted by molar-refractivity contribution is 7.88. The number of aryl methyl sites for hydroxylation is 2. The van der Waals surface area contributed by atoms with E-state index in [1.54, 1.807) is 10.6 Å². The van der Waals surface area contributed by atoms with E-state index in [-0.39, 0.29) is 23.3 Å². The number of hydrogen-bond acceptors (Lipinski definition) is 3. The molecular formula is C25H27FN2O3S. The molecule has 1 heterocycles. The first kappa shape index (κ1) is 22.4. The predicted octanol–water partition coefficient (Wildman–Crippen LogP) is 3.86. The first-order valence-corrected chi connectivity index (χ1v) is 12.7. The molecule has 2 aromatic carbocycles. The molecule has 1 aromatic heterocycles. The minimum absolute atomic E-state index is 0.0590. The van der Waals surface area contributed by atoms with E-state index in [0.717, 1.165) is 28.5 Å². The summed E-state index contributed by atoms with van der Waals surface area (Å²) in [4.78, 5) is 13.2. The number of sulfonamides is 1. The van der Waals surface area contributed by atoms with Crippen LogP contribution < -0.4 is 10.3 Å². The number of nitrogens with zero attached hydrogens (tertiary/aromatic N) is 1. The lowest BCUT2D eigenvalue weighted by Gasteiger charge is -2.33.